The Labute approximate surface area is 123 Å². The molecule has 1 aliphatic heterocycles. The Morgan fingerprint density at radius 1 is 1.20 bits per heavy atom. The van der Waals surface area contributed by atoms with Crippen molar-refractivity contribution in [2.24, 2.45) is 10.4 Å². The van der Waals surface area contributed by atoms with E-state index in [0.29, 0.717) is 12.0 Å². The van der Waals surface area contributed by atoms with Gasteiger partial charge in [0.1, 0.15) is 0 Å². The second-order valence-electron chi connectivity index (χ2n) is 6.63. The summed E-state index contributed by atoms with van der Waals surface area (Å²) in [5, 5.41) is 13.6. The van der Waals surface area contributed by atoms with Crippen LogP contribution in [0.3, 0.4) is 0 Å². The van der Waals surface area contributed by atoms with Crippen LogP contribution in [0.2, 0.25) is 0 Å². The molecule has 0 aromatic rings. The lowest BCUT2D eigenvalue weighted by Gasteiger charge is -2.35. The van der Waals surface area contributed by atoms with Gasteiger partial charge < -0.3 is 15.3 Å². The monoisotopic (exact) mass is 281 g/mol. The molecule has 1 heterocycles. The largest absolute Gasteiger partial charge is 0.388 e. The van der Waals surface area contributed by atoms with Crippen LogP contribution in [-0.4, -0.2) is 47.7 Å². The Balaban J connectivity index is 2.00. The predicted molar refractivity (Wildman–Crippen MR) is 84.0 cm³/mol. The van der Waals surface area contributed by atoms with Crippen LogP contribution in [0.1, 0.15) is 59.3 Å². The van der Waals surface area contributed by atoms with Crippen LogP contribution in [0.4, 0.5) is 0 Å². The van der Waals surface area contributed by atoms with Gasteiger partial charge in [-0.05, 0) is 50.9 Å². The van der Waals surface area contributed by atoms with Crippen LogP contribution in [0.25, 0.3) is 0 Å². The van der Waals surface area contributed by atoms with E-state index in [-0.39, 0.29) is 0 Å². The molecular formula is C16H31N3O. The average molecular weight is 281 g/mol. The second-order valence-corrected chi connectivity index (χ2v) is 6.63. The molecule has 0 aromatic heterocycles. The molecule has 0 spiro atoms. The van der Waals surface area contributed by atoms with Gasteiger partial charge in [-0.3, -0.25) is 4.99 Å². The van der Waals surface area contributed by atoms with Gasteiger partial charge in [-0.1, -0.05) is 13.8 Å². The zero-order valence-corrected chi connectivity index (χ0v) is 13.4. The molecule has 2 fully saturated rings. The summed E-state index contributed by atoms with van der Waals surface area (Å²) in [4.78, 5) is 7.09. The van der Waals surface area contributed by atoms with Crippen molar-refractivity contribution >= 4 is 5.96 Å². The second kappa shape index (κ2) is 6.33. The molecule has 1 saturated carbocycles. The first kappa shape index (κ1) is 15.6. The number of rotatable bonds is 5. The van der Waals surface area contributed by atoms with Crippen LogP contribution < -0.4 is 5.32 Å². The molecule has 1 aliphatic carbocycles. The quantitative estimate of drug-likeness (QED) is 0.601. The van der Waals surface area contributed by atoms with Crippen LogP contribution in [-0.2, 0) is 0 Å². The SMILES string of the molecule is CCNC(=NCC1(O)CCC1)N1CCC(CC)(CC)C1. The lowest BCUT2D eigenvalue weighted by Crippen LogP contribution is -2.44. The molecule has 0 radical (unpaired) electrons. The van der Waals surface area contributed by atoms with E-state index < -0.39 is 5.60 Å². The lowest BCUT2D eigenvalue weighted by molar-refractivity contribution is -0.0237. The minimum Gasteiger partial charge on any atom is -0.388 e. The molecule has 20 heavy (non-hydrogen) atoms. The van der Waals surface area contributed by atoms with E-state index >= 15 is 0 Å². The Morgan fingerprint density at radius 3 is 2.35 bits per heavy atom. The summed E-state index contributed by atoms with van der Waals surface area (Å²) in [7, 11) is 0. The third-order valence-corrected chi connectivity index (χ3v) is 5.38. The average Bonchev–Trinajstić information content (AvgIpc) is 2.86. The molecule has 0 amide bonds. The minimum atomic E-state index is -0.521. The zero-order chi connectivity index (χ0) is 14.6. The summed E-state index contributed by atoms with van der Waals surface area (Å²) in [5.74, 6) is 0.997. The molecule has 4 heteroatoms. The molecule has 0 atom stereocenters. The van der Waals surface area contributed by atoms with Gasteiger partial charge in [-0.25, -0.2) is 0 Å². The fourth-order valence-corrected chi connectivity index (χ4v) is 3.33. The molecule has 0 aromatic carbocycles. The van der Waals surface area contributed by atoms with Gasteiger partial charge in [0.2, 0.25) is 0 Å². The highest BCUT2D eigenvalue weighted by Gasteiger charge is 2.37. The number of guanidine groups is 1. The van der Waals surface area contributed by atoms with Crippen molar-refractivity contribution in [1.82, 2.24) is 10.2 Å². The minimum absolute atomic E-state index is 0.462. The highest BCUT2D eigenvalue weighted by atomic mass is 16.3. The van der Waals surface area contributed by atoms with Crippen LogP contribution in [0.15, 0.2) is 4.99 Å². The molecule has 0 bridgehead atoms. The molecule has 1 saturated heterocycles. The van der Waals surface area contributed by atoms with Crippen molar-refractivity contribution in [2.75, 3.05) is 26.2 Å². The first-order valence-electron chi connectivity index (χ1n) is 8.32. The standard InChI is InChI=1S/C16H31N3O/c1-4-15(5-2)10-11-19(13-15)14(17-6-3)18-12-16(20)8-7-9-16/h20H,4-13H2,1-3H3,(H,17,18). The summed E-state index contributed by atoms with van der Waals surface area (Å²) in [6, 6.07) is 0. The van der Waals surface area contributed by atoms with E-state index in [1.807, 2.05) is 0 Å². The van der Waals surface area contributed by atoms with Crippen LogP contribution >= 0.6 is 0 Å². The zero-order valence-electron chi connectivity index (χ0n) is 13.4. The third kappa shape index (κ3) is 3.27. The maximum absolute atomic E-state index is 10.2. The predicted octanol–water partition coefficient (Wildman–Crippen LogP) is 2.38. The summed E-state index contributed by atoms with van der Waals surface area (Å²) < 4.78 is 0. The molecular weight excluding hydrogens is 250 g/mol. The van der Waals surface area contributed by atoms with Crippen molar-refractivity contribution < 1.29 is 5.11 Å². The van der Waals surface area contributed by atoms with Gasteiger partial charge in [0, 0.05) is 19.6 Å². The van der Waals surface area contributed by atoms with Crippen LogP contribution in [0, 0.1) is 5.41 Å². The van der Waals surface area contributed by atoms with E-state index in [0.717, 1.165) is 44.9 Å². The van der Waals surface area contributed by atoms with Crippen molar-refractivity contribution in [2.45, 2.75) is 64.9 Å². The fourth-order valence-electron chi connectivity index (χ4n) is 3.33. The number of aliphatic hydroxyl groups is 1. The molecule has 4 nitrogen and oxygen atoms in total. The normalized spacial score (nSPS) is 24.6. The van der Waals surface area contributed by atoms with Crippen molar-refractivity contribution in [3.8, 4) is 0 Å². The van der Waals surface area contributed by atoms with E-state index in [1.54, 1.807) is 0 Å². The Hall–Kier alpha value is -0.770. The summed E-state index contributed by atoms with van der Waals surface area (Å²) in [6.45, 7) is 10.3. The van der Waals surface area contributed by atoms with Gasteiger partial charge >= 0.3 is 0 Å². The topological polar surface area (TPSA) is 47.9 Å². The highest BCUT2D eigenvalue weighted by Crippen LogP contribution is 2.37. The van der Waals surface area contributed by atoms with Gasteiger partial charge in [0.25, 0.3) is 0 Å². The van der Waals surface area contributed by atoms with Gasteiger partial charge in [0.05, 0.1) is 12.1 Å². The highest BCUT2D eigenvalue weighted by molar-refractivity contribution is 5.80. The fraction of sp³-hybridized carbons (Fsp3) is 0.938. The number of hydrogen-bond donors (Lipinski definition) is 2. The molecule has 116 valence electrons. The molecule has 0 unspecified atom stereocenters. The summed E-state index contributed by atoms with van der Waals surface area (Å²) in [5.41, 5.74) is -0.0590. The first-order chi connectivity index (χ1) is 9.56. The number of likely N-dealkylation sites (tertiary alicyclic amines) is 1. The molecule has 2 N–H and O–H groups in total. The Kier molecular flexibility index (Phi) is 4.95. The Bertz CT molecular complexity index is 346. The molecule has 2 rings (SSSR count). The maximum Gasteiger partial charge on any atom is 0.194 e. The summed E-state index contributed by atoms with van der Waals surface area (Å²) in [6.07, 6.45) is 6.69. The van der Waals surface area contributed by atoms with E-state index in [9.17, 15) is 5.11 Å². The summed E-state index contributed by atoms with van der Waals surface area (Å²) >= 11 is 0. The number of hydrogen-bond acceptors (Lipinski definition) is 2. The van der Waals surface area contributed by atoms with Crippen molar-refractivity contribution in [3.63, 3.8) is 0 Å². The van der Waals surface area contributed by atoms with Crippen molar-refractivity contribution in [3.05, 3.63) is 0 Å². The van der Waals surface area contributed by atoms with E-state index in [1.165, 1.54) is 19.3 Å². The van der Waals surface area contributed by atoms with Gasteiger partial charge in [0.15, 0.2) is 5.96 Å². The van der Waals surface area contributed by atoms with Gasteiger partial charge in [-0.15, -0.1) is 0 Å². The van der Waals surface area contributed by atoms with E-state index in [4.69, 9.17) is 4.99 Å². The number of nitrogens with one attached hydrogen (secondary N) is 1. The molecule has 2 aliphatic rings. The maximum atomic E-state index is 10.2. The third-order valence-electron chi connectivity index (χ3n) is 5.38. The lowest BCUT2D eigenvalue weighted by atomic mass is 9.80. The Morgan fingerprint density at radius 2 is 1.90 bits per heavy atom. The smallest absolute Gasteiger partial charge is 0.194 e. The van der Waals surface area contributed by atoms with Gasteiger partial charge in [-0.2, -0.15) is 0 Å². The number of nitrogens with zero attached hydrogens (tertiary/aromatic N) is 2. The van der Waals surface area contributed by atoms with E-state index in [2.05, 4.69) is 31.0 Å². The van der Waals surface area contributed by atoms with Crippen LogP contribution in [0.5, 0.6) is 0 Å². The van der Waals surface area contributed by atoms with Crippen molar-refractivity contribution in [1.29, 1.82) is 0 Å². The first-order valence-corrected chi connectivity index (χ1v) is 8.32. The number of aliphatic imine (C=N–C) groups is 1.